The second-order valence-electron chi connectivity index (χ2n) is 4.43. The van der Waals surface area contributed by atoms with Crippen molar-refractivity contribution in [3.8, 4) is 0 Å². The fourth-order valence-corrected chi connectivity index (χ4v) is 3.93. The first-order valence-electron chi connectivity index (χ1n) is 5.65. The molecule has 0 saturated heterocycles. The summed E-state index contributed by atoms with van der Waals surface area (Å²) in [5, 5.41) is 7.47. The van der Waals surface area contributed by atoms with Crippen molar-refractivity contribution in [3.63, 3.8) is 0 Å². The van der Waals surface area contributed by atoms with Gasteiger partial charge in [0.15, 0.2) is 0 Å². The molecule has 1 aromatic rings. The first-order chi connectivity index (χ1) is 9.52. The molecule has 0 saturated carbocycles. The Labute approximate surface area is 132 Å². The normalized spacial score (nSPS) is 14.5. The molecule has 2 unspecified atom stereocenters. The average molecular weight is 401 g/mol. The van der Waals surface area contributed by atoms with Crippen molar-refractivity contribution in [2.24, 2.45) is 5.14 Å². The molecular formula is C11H14BrFN2O4S2. The molecule has 0 aromatic heterocycles. The zero-order chi connectivity index (χ0) is 16.4. The van der Waals surface area contributed by atoms with Crippen LogP contribution in [0, 0.1) is 5.82 Å². The Kier molecular flexibility index (Phi) is 6.02. The van der Waals surface area contributed by atoms with E-state index in [1.807, 2.05) is 0 Å². The van der Waals surface area contributed by atoms with Gasteiger partial charge in [0.05, 0.1) is 9.37 Å². The van der Waals surface area contributed by atoms with Crippen LogP contribution < -0.4 is 10.5 Å². The van der Waals surface area contributed by atoms with E-state index in [1.165, 1.54) is 6.26 Å². The molecule has 0 radical (unpaired) electrons. The molecule has 21 heavy (non-hydrogen) atoms. The maximum absolute atomic E-state index is 13.7. The summed E-state index contributed by atoms with van der Waals surface area (Å²) in [6.07, 6.45) is 1.49. The van der Waals surface area contributed by atoms with E-state index in [0.717, 1.165) is 12.1 Å². The Morgan fingerprint density at radius 3 is 2.57 bits per heavy atom. The molecule has 1 amide bonds. The van der Waals surface area contributed by atoms with Crippen LogP contribution in [-0.4, -0.2) is 36.6 Å². The van der Waals surface area contributed by atoms with E-state index in [-0.39, 0.29) is 15.8 Å². The highest BCUT2D eigenvalue weighted by atomic mass is 79.9. The van der Waals surface area contributed by atoms with Crippen LogP contribution in [0.3, 0.4) is 0 Å². The lowest BCUT2D eigenvalue weighted by Gasteiger charge is -2.13. The van der Waals surface area contributed by atoms with E-state index in [4.69, 9.17) is 5.14 Å². The fourth-order valence-electron chi connectivity index (χ4n) is 1.60. The first-order valence-corrected chi connectivity index (χ1v) is 9.71. The van der Waals surface area contributed by atoms with Crippen molar-refractivity contribution < 1.29 is 21.8 Å². The van der Waals surface area contributed by atoms with Gasteiger partial charge in [-0.1, -0.05) is 0 Å². The number of hydrogen-bond acceptors (Lipinski definition) is 4. The summed E-state index contributed by atoms with van der Waals surface area (Å²) in [6, 6.07) is 1.46. The predicted molar refractivity (Wildman–Crippen MR) is 81.3 cm³/mol. The Morgan fingerprint density at radius 1 is 1.52 bits per heavy atom. The van der Waals surface area contributed by atoms with Crippen molar-refractivity contribution >= 4 is 42.7 Å². The maximum atomic E-state index is 13.7. The molecule has 0 heterocycles. The summed E-state index contributed by atoms with van der Waals surface area (Å²) in [7, 11) is -5.28. The molecule has 0 bridgehead atoms. The standard InChI is InChI=1S/C11H14BrFN2O4S2/c1-6(5-20(2)17)15-11(16)7-3-8(13)10(12)9(4-7)21(14,18)19/h3-4,6H,5H2,1-2H3,(H,15,16)(H2,14,18,19). The molecular weight excluding hydrogens is 387 g/mol. The minimum atomic E-state index is -4.17. The van der Waals surface area contributed by atoms with Gasteiger partial charge in [0.2, 0.25) is 10.0 Å². The number of halogens is 2. The molecule has 0 spiro atoms. The van der Waals surface area contributed by atoms with E-state index in [1.54, 1.807) is 6.92 Å². The fraction of sp³-hybridized carbons (Fsp3) is 0.364. The largest absolute Gasteiger partial charge is 0.349 e. The minimum absolute atomic E-state index is 0.187. The third-order valence-corrected chi connectivity index (χ3v) is 5.40. The molecule has 0 fully saturated rings. The van der Waals surface area contributed by atoms with Gasteiger partial charge in [0, 0.05) is 34.4 Å². The van der Waals surface area contributed by atoms with Crippen LogP contribution >= 0.6 is 15.9 Å². The lowest BCUT2D eigenvalue weighted by atomic mass is 10.2. The van der Waals surface area contributed by atoms with Crippen molar-refractivity contribution in [1.29, 1.82) is 0 Å². The number of benzene rings is 1. The summed E-state index contributed by atoms with van der Waals surface area (Å²) >= 11 is 2.78. The number of hydrogen-bond donors (Lipinski definition) is 2. The van der Waals surface area contributed by atoms with Gasteiger partial charge in [-0.3, -0.25) is 9.00 Å². The Bertz CT molecular complexity index is 694. The summed E-state index contributed by atoms with van der Waals surface area (Å²) < 4.78 is 47.1. The number of rotatable bonds is 5. The van der Waals surface area contributed by atoms with E-state index >= 15 is 0 Å². The summed E-state index contributed by atoms with van der Waals surface area (Å²) in [5.74, 6) is -1.37. The minimum Gasteiger partial charge on any atom is -0.349 e. The van der Waals surface area contributed by atoms with Crippen LogP contribution in [0.5, 0.6) is 0 Å². The summed E-state index contributed by atoms with van der Waals surface area (Å²) in [5.41, 5.74) is -0.187. The number of primary sulfonamides is 1. The summed E-state index contributed by atoms with van der Waals surface area (Å²) in [4.78, 5) is 11.4. The van der Waals surface area contributed by atoms with Gasteiger partial charge in [-0.05, 0) is 35.0 Å². The van der Waals surface area contributed by atoms with E-state index in [2.05, 4.69) is 21.2 Å². The van der Waals surface area contributed by atoms with E-state index in [9.17, 15) is 21.8 Å². The first kappa shape index (κ1) is 18.2. The molecule has 10 heteroatoms. The van der Waals surface area contributed by atoms with Gasteiger partial charge < -0.3 is 5.32 Å². The Balaban J connectivity index is 3.12. The van der Waals surface area contributed by atoms with Crippen LogP contribution in [0.1, 0.15) is 17.3 Å². The molecule has 0 aliphatic rings. The Morgan fingerprint density at radius 2 is 2.10 bits per heavy atom. The molecule has 118 valence electrons. The molecule has 6 nitrogen and oxygen atoms in total. The monoisotopic (exact) mass is 400 g/mol. The third-order valence-electron chi connectivity index (χ3n) is 2.43. The van der Waals surface area contributed by atoms with Crippen molar-refractivity contribution in [2.45, 2.75) is 17.9 Å². The van der Waals surface area contributed by atoms with Gasteiger partial charge >= 0.3 is 0 Å². The van der Waals surface area contributed by atoms with E-state index in [0.29, 0.717) is 0 Å². The number of carbonyl (C=O) groups is 1. The number of carbonyl (C=O) groups excluding carboxylic acids is 1. The van der Waals surface area contributed by atoms with Crippen molar-refractivity contribution in [3.05, 3.63) is 28.0 Å². The van der Waals surface area contributed by atoms with Crippen LogP contribution in [0.15, 0.2) is 21.5 Å². The highest BCUT2D eigenvalue weighted by Gasteiger charge is 2.21. The van der Waals surface area contributed by atoms with E-state index < -0.39 is 43.5 Å². The third kappa shape index (κ3) is 5.13. The molecule has 1 aromatic carbocycles. The number of amides is 1. The second kappa shape index (κ2) is 6.95. The van der Waals surface area contributed by atoms with Gasteiger partial charge in [-0.2, -0.15) is 0 Å². The molecule has 1 rings (SSSR count). The van der Waals surface area contributed by atoms with Gasteiger partial charge in [0.25, 0.3) is 5.91 Å². The second-order valence-corrected chi connectivity index (χ2v) is 8.23. The van der Waals surface area contributed by atoms with Gasteiger partial charge in [-0.25, -0.2) is 17.9 Å². The van der Waals surface area contributed by atoms with Gasteiger partial charge in [-0.15, -0.1) is 0 Å². The maximum Gasteiger partial charge on any atom is 0.251 e. The average Bonchev–Trinajstić information content (AvgIpc) is 2.29. The number of sulfonamides is 1. The topological polar surface area (TPSA) is 106 Å². The number of nitrogens with two attached hydrogens (primary N) is 1. The SMILES string of the molecule is CC(CS(C)=O)NC(=O)c1cc(F)c(Br)c(S(N)(=O)=O)c1. The highest BCUT2D eigenvalue weighted by Crippen LogP contribution is 2.25. The quantitative estimate of drug-likeness (QED) is 0.759. The van der Waals surface area contributed by atoms with Crippen LogP contribution in [0.2, 0.25) is 0 Å². The molecule has 0 aliphatic heterocycles. The van der Waals surface area contributed by atoms with Crippen LogP contribution in [-0.2, 0) is 20.8 Å². The zero-order valence-electron chi connectivity index (χ0n) is 11.2. The van der Waals surface area contributed by atoms with Crippen LogP contribution in [0.25, 0.3) is 0 Å². The molecule has 2 atom stereocenters. The smallest absolute Gasteiger partial charge is 0.251 e. The van der Waals surface area contributed by atoms with Crippen molar-refractivity contribution in [1.82, 2.24) is 5.32 Å². The van der Waals surface area contributed by atoms with Crippen LogP contribution in [0.4, 0.5) is 4.39 Å². The summed E-state index contributed by atoms with van der Waals surface area (Å²) in [6.45, 7) is 1.63. The highest BCUT2D eigenvalue weighted by molar-refractivity contribution is 9.10. The zero-order valence-corrected chi connectivity index (χ0v) is 14.4. The van der Waals surface area contributed by atoms with Gasteiger partial charge in [0.1, 0.15) is 5.82 Å². The molecule has 0 aliphatic carbocycles. The Hall–Kier alpha value is -0.840. The lowest BCUT2D eigenvalue weighted by molar-refractivity contribution is 0.0943. The lowest BCUT2D eigenvalue weighted by Crippen LogP contribution is -2.36. The number of nitrogens with one attached hydrogen (secondary N) is 1. The molecule has 3 N–H and O–H groups in total. The predicted octanol–water partition coefficient (Wildman–Crippen LogP) is 0.732. The van der Waals surface area contributed by atoms with Crippen molar-refractivity contribution in [2.75, 3.05) is 12.0 Å².